The van der Waals surface area contributed by atoms with Crippen LogP contribution < -0.4 is 20.8 Å². The molecule has 2 atom stereocenters. The molecule has 150 valence electrons. The molecule has 0 spiro atoms. The summed E-state index contributed by atoms with van der Waals surface area (Å²) >= 11 is 6.29. The molecule has 7 nitrogen and oxygen atoms in total. The monoisotopic (exact) mass is 417 g/mol. The maximum Gasteiger partial charge on any atom is 0.182 e. The summed E-state index contributed by atoms with van der Waals surface area (Å²) in [5, 5.41) is 6.26. The Morgan fingerprint density at radius 2 is 2.00 bits per heavy atom. The number of aromatic amines is 1. The van der Waals surface area contributed by atoms with Gasteiger partial charge in [0.15, 0.2) is 11.5 Å². The Bertz CT molecular complexity index is 1350. The Morgan fingerprint density at radius 1 is 1.13 bits per heavy atom. The smallest absolute Gasteiger partial charge is 0.182 e. The molecule has 5 rings (SSSR count). The van der Waals surface area contributed by atoms with Gasteiger partial charge in [-0.3, -0.25) is 4.99 Å². The number of rotatable bonds is 4. The molecule has 0 aliphatic carbocycles. The fraction of sp³-hybridized carbons (Fsp3) is 0.182. The summed E-state index contributed by atoms with van der Waals surface area (Å²) in [5.41, 5.74) is 3.56. The Morgan fingerprint density at radius 3 is 2.87 bits per heavy atom. The van der Waals surface area contributed by atoms with E-state index < -0.39 is 0 Å². The van der Waals surface area contributed by atoms with E-state index in [-0.39, 0.29) is 12.2 Å². The number of halogens is 1. The van der Waals surface area contributed by atoms with Gasteiger partial charge in [0.05, 0.1) is 17.7 Å². The zero-order valence-corrected chi connectivity index (χ0v) is 17.3. The predicted octanol–water partition coefficient (Wildman–Crippen LogP) is 3.02. The first kappa shape index (κ1) is 18.6. The third-order valence-electron chi connectivity index (χ3n) is 5.27. The highest BCUT2D eigenvalue weighted by Crippen LogP contribution is 2.26. The topological polar surface area (TPSA) is 82.1 Å². The minimum Gasteiger partial charge on any atom is -0.362 e. The average Bonchev–Trinajstić information content (AvgIpc) is 3.23. The summed E-state index contributed by atoms with van der Waals surface area (Å²) in [6.07, 6.45) is 5.07. The normalized spacial score (nSPS) is 16.5. The molecule has 3 heterocycles. The standard InChI is InChI=1S/C22H20ClN7/c1-13-5-3-8-18-17(13)10-30(16-7-4-6-15(23)9-16)22(29-18)14(2)28-21-19-20(25-11-24-19)26-12-27-21/h3-12,14,22H,1-2H3,(H2,24,25,26,27,28). The van der Waals surface area contributed by atoms with Crippen LogP contribution in [0.1, 0.15) is 12.5 Å². The number of fused-ring (bicyclic) bond motifs is 2. The van der Waals surface area contributed by atoms with Crippen molar-refractivity contribution >= 4 is 40.5 Å². The van der Waals surface area contributed by atoms with Crippen molar-refractivity contribution in [2.24, 2.45) is 4.99 Å². The highest BCUT2D eigenvalue weighted by atomic mass is 35.5. The Hall–Kier alpha value is -3.45. The minimum absolute atomic E-state index is 0.0738. The lowest BCUT2D eigenvalue weighted by Gasteiger charge is -2.34. The van der Waals surface area contributed by atoms with Crippen molar-refractivity contribution in [3.63, 3.8) is 0 Å². The van der Waals surface area contributed by atoms with Gasteiger partial charge in [0.1, 0.15) is 18.0 Å². The third kappa shape index (κ3) is 3.27. The van der Waals surface area contributed by atoms with Gasteiger partial charge in [-0.1, -0.05) is 29.8 Å². The summed E-state index contributed by atoms with van der Waals surface area (Å²) in [4.78, 5) is 23.1. The molecule has 0 saturated carbocycles. The number of hydrogen-bond donors (Lipinski definition) is 2. The second-order valence-corrected chi connectivity index (χ2v) is 7.76. The van der Waals surface area contributed by atoms with Gasteiger partial charge in [-0.25, -0.2) is 15.0 Å². The molecule has 0 saturated heterocycles. The zero-order chi connectivity index (χ0) is 20.7. The van der Waals surface area contributed by atoms with Gasteiger partial charge < -0.3 is 15.2 Å². The van der Waals surface area contributed by atoms with Crippen LogP contribution in [-0.4, -0.2) is 32.1 Å². The molecule has 0 radical (unpaired) electrons. The molecule has 2 aromatic carbocycles. The number of aryl methyl sites for hydroxylation is 1. The lowest BCUT2D eigenvalue weighted by atomic mass is 10.1. The molecular weight excluding hydrogens is 398 g/mol. The van der Waals surface area contributed by atoms with E-state index in [9.17, 15) is 0 Å². The van der Waals surface area contributed by atoms with Crippen molar-refractivity contribution in [3.8, 4) is 0 Å². The Balaban J connectivity index is 1.59. The van der Waals surface area contributed by atoms with Crippen LogP contribution in [0.3, 0.4) is 0 Å². The van der Waals surface area contributed by atoms with E-state index in [0.29, 0.717) is 16.5 Å². The van der Waals surface area contributed by atoms with Crippen molar-refractivity contribution in [2.75, 3.05) is 10.2 Å². The zero-order valence-electron chi connectivity index (χ0n) is 16.5. The molecule has 30 heavy (non-hydrogen) atoms. The quantitative estimate of drug-likeness (QED) is 0.533. The summed E-state index contributed by atoms with van der Waals surface area (Å²) < 4.78 is 0. The molecule has 0 fully saturated rings. The van der Waals surface area contributed by atoms with Crippen LogP contribution in [-0.2, 0) is 0 Å². The molecule has 4 aromatic rings. The van der Waals surface area contributed by atoms with Crippen molar-refractivity contribution in [3.05, 3.63) is 76.3 Å². The van der Waals surface area contributed by atoms with Crippen LogP contribution >= 0.6 is 11.6 Å². The van der Waals surface area contributed by atoms with Gasteiger partial charge in [0.2, 0.25) is 0 Å². The van der Waals surface area contributed by atoms with Gasteiger partial charge in [0.25, 0.3) is 0 Å². The van der Waals surface area contributed by atoms with Gasteiger partial charge >= 0.3 is 0 Å². The van der Waals surface area contributed by atoms with Crippen LogP contribution in [0.5, 0.6) is 0 Å². The number of imidazole rings is 1. The van der Waals surface area contributed by atoms with E-state index in [1.54, 1.807) is 6.33 Å². The first-order valence-corrected chi connectivity index (χ1v) is 10.1. The third-order valence-corrected chi connectivity index (χ3v) is 5.50. The second kappa shape index (κ2) is 7.42. The Kier molecular flexibility index (Phi) is 4.59. The van der Waals surface area contributed by atoms with Gasteiger partial charge in [-0.15, -0.1) is 0 Å². The van der Waals surface area contributed by atoms with Crippen molar-refractivity contribution in [1.82, 2.24) is 19.9 Å². The predicted molar refractivity (Wildman–Crippen MR) is 119 cm³/mol. The molecule has 8 heteroatoms. The molecule has 2 N–H and O–H groups in total. The van der Waals surface area contributed by atoms with Crippen LogP contribution in [0.25, 0.3) is 17.4 Å². The van der Waals surface area contributed by atoms with Crippen LogP contribution in [0.15, 0.2) is 60.1 Å². The number of anilines is 2. The fourth-order valence-electron chi connectivity index (χ4n) is 3.75. The molecule has 1 aliphatic rings. The van der Waals surface area contributed by atoms with Gasteiger partial charge in [-0.05, 0) is 43.7 Å². The molecular formula is C22H20ClN7. The summed E-state index contributed by atoms with van der Waals surface area (Å²) in [6, 6.07) is 13.9. The van der Waals surface area contributed by atoms with Gasteiger partial charge in [-0.2, -0.15) is 0 Å². The highest BCUT2D eigenvalue weighted by Gasteiger charge is 2.26. The van der Waals surface area contributed by atoms with E-state index in [2.05, 4.69) is 56.3 Å². The lowest BCUT2D eigenvalue weighted by Crippen LogP contribution is -2.49. The molecule has 1 aliphatic heterocycles. The summed E-state index contributed by atoms with van der Waals surface area (Å²) in [7, 11) is 0. The number of nitrogens with one attached hydrogen (secondary N) is 2. The van der Waals surface area contributed by atoms with Crippen molar-refractivity contribution < 1.29 is 0 Å². The minimum atomic E-state index is -0.203. The number of nitrogens with zero attached hydrogens (tertiary/aromatic N) is 5. The second-order valence-electron chi connectivity index (χ2n) is 7.32. The number of H-pyrrole nitrogens is 1. The van der Waals surface area contributed by atoms with Crippen LogP contribution in [0.4, 0.5) is 11.5 Å². The molecule has 2 unspecified atom stereocenters. The number of hydrogen-bond acceptors (Lipinski definition) is 6. The molecule has 0 amide bonds. The number of aromatic nitrogens is 4. The van der Waals surface area contributed by atoms with E-state index in [0.717, 1.165) is 21.8 Å². The van der Waals surface area contributed by atoms with E-state index in [1.165, 1.54) is 11.9 Å². The highest BCUT2D eigenvalue weighted by molar-refractivity contribution is 6.30. The molecule has 2 aromatic heterocycles. The maximum absolute atomic E-state index is 6.29. The van der Waals surface area contributed by atoms with E-state index in [1.807, 2.05) is 36.4 Å². The van der Waals surface area contributed by atoms with Crippen molar-refractivity contribution in [2.45, 2.75) is 26.1 Å². The Labute approximate surface area is 178 Å². The van der Waals surface area contributed by atoms with Gasteiger partial charge in [0, 0.05) is 22.1 Å². The first-order valence-electron chi connectivity index (χ1n) is 9.70. The van der Waals surface area contributed by atoms with Crippen LogP contribution in [0.2, 0.25) is 5.02 Å². The number of benzene rings is 2. The van der Waals surface area contributed by atoms with Crippen molar-refractivity contribution in [1.29, 1.82) is 0 Å². The fourth-order valence-corrected chi connectivity index (χ4v) is 3.93. The summed E-state index contributed by atoms with van der Waals surface area (Å²) in [6.45, 7) is 4.18. The largest absolute Gasteiger partial charge is 0.362 e. The average molecular weight is 418 g/mol. The SMILES string of the molecule is Cc1cccc2c1=CN(c1cccc(Cl)c1)C(C(C)Nc1ncnc3nc[nH]c13)N=2. The lowest BCUT2D eigenvalue weighted by molar-refractivity contribution is 0.584. The first-order chi connectivity index (χ1) is 14.6. The van der Waals surface area contributed by atoms with E-state index >= 15 is 0 Å². The maximum atomic E-state index is 6.29. The summed E-state index contributed by atoms with van der Waals surface area (Å²) in [5.74, 6) is 0.696. The van der Waals surface area contributed by atoms with Crippen LogP contribution in [0, 0.1) is 6.92 Å². The van der Waals surface area contributed by atoms with E-state index in [4.69, 9.17) is 16.6 Å². The molecule has 0 bridgehead atoms.